The summed E-state index contributed by atoms with van der Waals surface area (Å²) >= 11 is 1.34. The fourth-order valence-electron chi connectivity index (χ4n) is 2.64. The molecule has 3 aromatic rings. The Bertz CT molecular complexity index is 1040. The van der Waals surface area contributed by atoms with Crippen molar-refractivity contribution in [1.29, 1.82) is 0 Å². The van der Waals surface area contributed by atoms with Gasteiger partial charge in [0.25, 0.3) is 11.6 Å². The van der Waals surface area contributed by atoms with Crippen molar-refractivity contribution in [2.24, 2.45) is 0 Å². The summed E-state index contributed by atoms with van der Waals surface area (Å²) in [6, 6.07) is 17.3. The summed E-state index contributed by atoms with van der Waals surface area (Å²) in [5.74, 6) is -0.345. The molecule has 0 bridgehead atoms. The van der Waals surface area contributed by atoms with E-state index >= 15 is 0 Å². The van der Waals surface area contributed by atoms with E-state index in [2.05, 4.69) is 5.32 Å². The lowest BCUT2D eigenvalue weighted by atomic mass is 10.1. The van der Waals surface area contributed by atoms with E-state index in [-0.39, 0.29) is 18.1 Å². The smallest absolute Gasteiger partial charge is 0.269 e. The number of carbonyl (C=O) groups excluding carboxylic acids is 1. The van der Waals surface area contributed by atoms with Crippen molar-refractivity contribution in [3.63, 3.8) is 0 Å². The molecule has 0 saturated heterocycles. The van der Waals surface area contributed by atoms with Gasteiger partial charge in [-0.05, 0) is 30.3 Å². The topological polar surface area (TPSA) is 81.5 Å². The third-order valence-electron chi connectivity index (χ3n) is 4.10. The second-order valence-corrected chi connectivity index (χ2v) is 7.10. The first-order valence-electron chi connectivity index (χ1n) is 8.60. The van der Waals surface area contributed by atoms with Crippen LogP contribution in [0, 0.1) is 15.9 Å². The van der Waals surface area contributed by atoms with Crippen LogP contribution in [0.4, 0.5) is 10.1 Å². The molecule has 0 aliphatic carbocycles. The number of carbonyl (C=O) groups is 1. The summed E-state index contributed by atoms with van der Waals surface area (Å²) in [6.45, 7) is 0.179. The summed E-state index contributed by atoms with van der Waals surface area (Å²) in [5, 5.41) is 13.6. The van der Waals surface area contributed by atoms with Gasteiger partial charge in [0.05, 0.1) is 17.6 Å². The number of non-ortho nitro benzene ring substituents is 1. The van der Waals surface area contributed by atoms with E-state index in [9.17, 15) is 19.3 Å². The van der Waals surface area contributed by atoms with Gasteiger partial charge in [-0.1, -0.05) is 30.0 Å². The fraction of sp³-hybridized carbons (Fsp3) is 0.0952. The van der Waals surface area contributed by atoms with Gasteiger partial charge < -0.3 is 10.1 Å². The van der Waals surface area contributed by atoms with E-state index < -0.39 is 10.7 Å². The molecule has 6 nitrogen and oxygen atoms in total. The van der Waals surface area contributed by atoms with Crippen molar-refractivity contribution in [3.05, 3.63) is 93.8 Å². The molecule has 0 aliphatic rings. The Labute approximate surface area is 170 Å². The maximum atomic E-state index is 13.3. The maximum Gasteiger partial charge on any atom is 0.269 e. The monoisotopic (exact) mass is 412 g/mol. The Morgan fingerprint density at radius 1 is 1.14 bits per heavy atom. The van der Waals surface area contributed by atoms with Crippen LogP contribution in [-0.4, -0.2) is 17.9 Å². The number of amides is 1. The number of nitro benzene ring substituents is 1. The first kappa shape index (κ1) is 20.3. The Morgan fingerprint density at radius 2 is 1.86 bits per heavy atom. The minimum absolute atomic E-state index is 0.00798. The highest BCUT2D eigenvalue weighted by Crippen LogP contribution is 2.31. The van der Waals surface area contributed by atoms with Crippen LogP contribution in [0.1, 0.15) is 15.9 Å². The average Bonchev–Trinajstić information content (AvgIpc) is 2.73. The molecule has 0 heterocycles. The van der Waals surface area contributed by atoms with Crippen molar-refractivity contribution in [3.8, 4) is 5.75 Å². The third kappa shape index (κ3) is 5.11. The summed E-state index contributed by atoms with van der Waals surface area (Å²) < 4.78 is 18.5. The van der Waals surface area contributed by atoms with Gasteiger partial charge in [0.15, 0.2) is 0 Å². The lowest BCUT2D eigenvalue weighted by molar-refractivity contribution is -0.384. The zero-order valence-electron chi connectivity index (χ0n) is 15.4. The zero-order chi connectivity index (χ0) is 20.8. The van der Waals surface area contributed by atoms with Crippen molar-refractivity contribution in [2.75, 3.05) is 7.11 Å². The van der Waals surface area contributed by atoms with E-state index in [1.54, 1.807) is 36.4 Å². The highest BCUT2D eigenvalue weighted by Gasteiger charge is 2.14. The Kier molecular flexibility index (Phi) is 6.46. The standard InChI is InChI=1S/C21H17FN2O4S/c1-28-19-12-15(22)7-6-14(19)13-23-21(25)18-4-2-3-5-20(18)29-17-10-8-16(9-11-17)24(26)27/h2-12H,13H2,1H3,(H,23,25). The van der Waals surface area contributed by atoms with Crippen molar-refractivity contribution < 1.29 is 18.8 Å². The normalized spacial score (nSPS) is 10.4. The molecule has 0 aromatic heterocycles. The molecule has 1 amide bonds. The summed E-state index contributed by atoms with van der Waals surface area (Å²) in [7, 11) is 1.44. The van der Waals surface area contributed by atoms with Crippen LogP contribution in [0.15, 0.2) is 76.5 Å². The van der Waals surface area contributed by atoms with Gasteiger partial charge in [-0.2, -0.15) is 0 Å². The Balaban J connectivity index is 1.74. The van der Waals surface area contributed by atoms with E-state index in [4.69, 9.17) is 4.74 Å². The number of methoxy groups -OCH3 is 1. The van der Waals surface area contributed by atoms with E-state index in [0.29, 0.717) is 21.8 Å². The van der Waals surface area contributed by atoms with Gasteiger partial charge >= 0.3 is 0 Å². The van der Waals surface area contributed by atoms with Crippen LogP contribution < -0.4 is 10.1 Å². The maximum absolute atomic E-state index is 13.3. The molecule has 3 aromatic carbocycles. The lowest BCUT2D eigenvalue weighted by Crippen LogP contribution is -2.23. The van der Waals surface area contributed by atoms with Crippen molar-refractivity contribution in [1.82, 2.24) is 5.32 Å². The molecule has 0 atom stereocenters. The van der Waals surface area contributed by atoms with Crippen LogP contribution >= 0.6 is 11.8 Å². The second kappa shape index (κ2) is 9.20. The predicted molar refractivity (Wildman–Crippen MR) is 108 cm³/mol. The Hall–Kier alpha value is -3.39. The highest BCUT2D eigenvalue weighted by atomic mass is 32.2. The molecule has 29 heavy (non-hydrogen) atoms. The first-order chi connectivity index (χ1) is 14.0. The SMILES string of the molecule is COc1cc(F)ccc1CNC(=O)c1ccccc1Sc1ccc([N+](=O)[O-])cc1. The average molecular weight is 412 g/mol. The quantitative estimate of drug-likeness (QED) is 0.444. The second-order valence-electron chi connectivity index (χ2n) is 5.99. The highest BCUT2D eigenvalue weighted by molar-refractivity contribution is 7.99. The van der Waals surface area contributed by atoms with Gasteiger partial charge in [-0.3, -0.25) is 14.9 Å². The van der Waals surface area contributed by atoms with Gasteiger partial charge in [0.1, 0.15) is 11.6 Å². The van der Waals surface area contributed by atoms with Crippen LogP contribution in [0.3, 0.4) is 0 Å². The molecule has 0 radical (unpaired) electrons. The van der Waals surface area contributed by atoms with Crippen molar-refractivity contribution in [2.45, 2.75) is 16.3 Å². The van der Waals surface area contributed by atoms with E-state index in [0.717, 1.165) is 4.90 Å². The van der Waals surface area contributed by atoms with Crippen LogP contribution in [0.5, 0.6) is 5.75 Å². The third-order valence-corrected chi connectivity index (χ3v) is 5.18. The molecule has 148 valence electrons. The number of nitrogens with one attached hydrogen (secondary N) is 1. The number of nitrogens with zero attached hydrogens (tertiary/aromatic N) is 1. The number of hydrogen-bond donors (Lipinski definition) is 1. The largest absolute Gasteiger partial charge is 0.496 e. The molecule has 0 fully saturated rings. The molecule has 0 saturated carbocycles. The molecule has 0 spiro atoms. The minimum atomic E-state index is -0.459. The molecule has 3 rings (SSSR count). The molecule has 1 N–H and O–H groups in total. The summed E-state index contributed by atoms with van der Waals surface area (Å²) in [4.78, 5) is 24.5. The molecule has 0 aliphatic heterocycles. The molecular weight excluding hydrogens is 395 g/mol. The van der Waals surface area contributed by atoms with E-state index in [1.165, 1.54) is 43.1 Å². The summed E-state index contributed by atoms with van der Waals surface area (Å²) in [6.07, 6.45) is 0. The van der Waals surface area contributed by atoms with Gasteiger partial charge in [-0.15, -0.1) is 0 Å². The number of rotatable bonds is 7. The minimum Gasteiger partial charge on any atom is -0.496 e. The number of halogens is 1. The van der Waals surface area contributed by atoms with E-state index in [1.807, 2.05) is 6.07 Å². The molecule has 0 unspecified atom stereocenters. The number of nitro groups is 1. The molecule has 8 heteroatoms. The fourth-order valence-corrected chi connectivity index (χ4v) is 3.58. The van der Waals surface area contributed by atoms with Crippen LogP contribution in [0.2, 0.25) is 0 Å². The van der Waals surface area contributed by atoms with Gasteiger partial charge in [-0.25, -0.2) is 4.39 Å². The first-order valence-corrected chi connectivity index (χ1v) is 9.41. The zero-order valence-corrected chi connectivity index (χ0v) is 16.2. The van der Waals surface area contributed by atoms with Gasteiger partial charge in [0, 0.05) is 40.1 Å². The summed E-state index contributed by atoms with van der Waals surface area (Å²) in [5.41, 5.74) is 1.13. The predicted octanol–water partition coefficient (Wildman–Crippen LogP) is 4.82. The Morgan fingerprint density at radius 3 is 2.55 bits per heavy atom. The number of ether oxygens (including phenoxy) is 1. The molecular formula is C21H17FN2O4S. The lowest BCUT2D eigenvalue weighted by Gasteiger charge is -2.12. The van der Waals surface area contributed by atoms with Gasteiger partial charge in [0.2, 0.25) is 0 Å². The van der Waals surface area contributed by atoms with Crippen LogP contribution in [0.25, 0.3) is 0 Å². The van der Waals surface area contributed by atoms with Crippen LogP contribution in [-0.2, 0) is 6.54 Å². The number of benzene rings is 3. The number of hydrogen-bond acceptors (Lipinski definition) is 5. The van der Waals surface area contributed by atoms with Crippen molar-refractivity contribution >= 4 is 23.4 Å².